The van der Waals surface area contributed by atoms with Crippen LogP contribution in [0.2, 0.25) is 5.02 Å². The first-order valence-corrected chi connectivity index (χ1v) is 6.69. The molecule has 1 aliphatic heterocycles. The molecule has 1 unspecified atom stereocenters. The molecule has 1 atom stereocenters. The second-order valence-electron chi connectivity index (χ2n) is 3.83. The molecule has 0 bridgehead atoms. The van der Waals surface area contributed by atoms with Crippen molar-refractivity contribution in [3.05, 3.63) is 28.8 Å². The van der Waals surface area contributed by atoms with Gasteiger partial charge in [0.25, 0.3) is 0 Å². The third kappa shape index (κ3) is 2.53. The number of hydrogen-bond donors (Lipinski definition) is 1. The van der Waals surface area contributed by atoms with Gasteiger partial charge in [-0.2, -0.15) is 0 Å². The van der Waals surface area contributed by atoms with Crippen molar-refractivity contribution in [2.45, 2.75) is 25.5 Å². The van der Waals surface area contributed by atoms with Crippen LogP contribution in [0.15, 0.2) is 23.2 Å². The quantitative estimate of drug-likeness (QED) is 0.865. The number of halogens is 1. The molecule has 2 rings (SSSR count). The van der Waals surface area contributed by atoms with E-state index >= 15 is 0 Å². The summed E-state index contributed by atoms with van der Waals surface area (Å²) in [5.41, 5.74) is 2.13. The number of rotatable bonds is 2. The van der Waals surface area contributed by atoms with Crippen LogP contribution in [0.4, 0.5) is 5.69 Å². The predicted octanol–water partition coefficient (Wildman–Crippen LogP) is 3.94. The Balaban J connectivity index is 2.08. The second-order valence-corrected chi connectivity index (χ2v) is 5.53. The normalized spacial score (nSPS) is 19.7. The summed E-state index contributed by atoms with van der Waals surface area (Å²) >= 11 is 7.88. The Bertz CT molecular complexity index is 417. The molecule has 0 spiro atoms. The molecule has 0 radical (unpaired) electrons. The molecule has 1 aromatic carbocycles. The highest BCUT2D eigenvalue weighted by Gasteiger charge is 2.18. The van der Waals surface area contributed by atoms with E-state index in [-0.39, 0.29) is 0 Å². The molecule has 1 heterocycles. The topological polar surface area (TPSA) is 24.4 Å². The molecule has 0 saturated heterocycles. The van der Waals surface area contributed by atoms with Gasteiger partial charge in [-0.25, -0.2) is 0 Å². The Kier molecular flexibility index (Phi) is 3.77. The van der Waals surface area contributed by atoms with Crippen molar-refractivity contribution < 1.29 is 0 Å². The number of anilines is 1. The minimum Gasteiger partial charge on any atom is -0.335 e. The van der Waals surface area contributed by atoms with Crippen molar-refractivity contribution in [3.8, 4) is 0 Å². The highest BCUT2D eigenvalue weighted by molar-refractivity contribution is 8.15. The van der Waals surface area contributed by atoms with Crippen LogP contribution in [-0.2, 0) is 0 Å². The summed E-state index contributed by atoms with van der Waals surface area (Å²) in [7, 11) is 0. The van der Waals surface area contributed by atoms with Crippen molar-refractivity contribution in [2.24, 2.45) is 4.99 Å². The first kappa shape index (κ1) is 11.8. The molecule has 1 aromatic rings. The average molecular weight is 255 g/mol. The maximum atomic E-state index is 6.07. The average Bonchev–Trinajstić information content (AvgIpc) is 2.73. The number of benzene rings is 1. The molecule has 16 heavy (non-hydrogen) atoms. The molecule has 2 nitrogen and oxygen atoms in total. The van der Waals surface area contributed by atoms with E-state index in [1.165, 1.54) is 0 Å². The highest BCUT2D eigenvalue weighted by atomic mass is 35.5. The predicted molar refractivity (Wildman–Crippen MR) is 73.8 cm³/mol. The Morgan fingerprint density at radius 2 is 2.38 bits per heavy atom. The second kappa shape index (κ2) is 5.11. The van der Waals surface area contributed by atoms with E-state index in [1.807, 2.05) is 36.9 Å². The zero-order chi connectivity index (χ0) is 11.5. The van der Waals surface area contributed by atoms with Crippen LogP contribution in [-0.4, -0.2) is 17.0 Å². The van der Waals surface area contributed by atoms with E-state index in [0.717, 1.165) is 34.4 Å². The summed E-state index contributed by atoms with van der Waals surface area (Å²) in [4.78, 5) is 4.48. The van der Waals surface area contributed by atoms with Crippen molar-refractivity contribution in [1.82, 2.24) is 0 Å². The minimum atomic E-state index is 0.627. The lowest BCUT2D eigenvalue weighted by atomic mass is 10.2. The molecule has 0 fully saturated rings. The van der Waals surface area contributed by atoms with Gasteiger partial charge in [0.15, 0.2) is 5.17 Å². The van der Waals surface area contributed by atoms with Gasteiger partial charge in [0.2, 0.25) is 0 Å². The number of hydrogen-bond acceptors (Lipinski definition) is 3. The smallest absolute Gasteiger partial charge is 0.161 e. The fraction of sp³-hybridized carbons (Fsp3) is 0.417. The summed E-state index contributed by atoms with van der Waals surface area (Å²) in [6.45, 7) is 5.13. The molecule has 1 aliphatic rings. The molecule has 0 aliphatic carbocycles. The van der Waals surface area contributed by atoms with E-state index < -0.39 is 0 Å². The van der Waals surface area contributed by atoms with Gasteiger partial charge >= 0.3 is 0 Å². The van der Waals surface area contributed by atoms with Crippen LogP contribution < -0.4 is 5.32 Å². The van der Waals surface area contributed by atoms with Crippen LogP contribution in [0.1, 0.15) is 18.9 Å². The Morgan fingerprint density at radius 3 is 3.06 bits per heavy atom. The summed E-state index contributed by atoms with van der Waals surface area (Å²) in [6, 6.07) is 5.89. The van der Waals surface area contributed by atoms with Gasteiger partial charge in [-0.15, -0.1) is 0 Å². The Labute approximate surface area is 105 Å². The standard InChI is InChI=1S/C12H15ClN2S/c1-3-9-7-14-12(16-9)15-11-6-4-5-10(13)8(11)2/h4-6,9H,3,7H2,1-2H3,(H,14,15). The first-order chi connectivity index (χ1) is 7.70. The van der Waals surface area contributed by atoms with Crippen LogP contribution in [0.5, 0.6) is 0 Å². The highest BCUT2D eigenvalue weighted by Crippen LogP contribution is 2.28. The third-order valence-electron chi connectivity index (χ3n) is 2.68. The zero-order valence-corrected chi connectivity index (χ0v) is 11.0. The van der Waals surface area contributed by atoms with Gasteiger partial charge in [-0.3, -0.25) is 4.99 Å². The van der Waals surface area contributed by atoms with E-state index in [0.29, 0.717) is 5.25 Å². The van der Waals surface area contributed by atoms with E-state index in [1.54, 1.807) is 0 Å². The Morgan fingerprint density at radius 1 is 1.56 bits per heavy atom. The fourth-order valence-corrected chi connectivity index (χ4v) is 2.68. The number of aliphatic imine (C=N–C) groups is 1. The van der Waals surface area contributed by atoms with Crippen LogP contribution in [0.3, 0.4) is 0 Å². The maximum Gasteiger partial charge on any atom is 0.161 e. The minimum absolute atomic E-state index is 0.627. The summed E-state index contributed by atoms with van der Waals surface area (Å²) in [6.07, 6.45) is 1.16. The first-order valence-electron chi connectivity index (χ1n) is 5.44. The van der Waals surface area contributed by atoms with E-state index in [2.05, 4.69) is 17.2 Å². The number of thioether (sulfide) groups is 1. The van der Waals surface area contributed by atoms with Gasteiger partial charge in [-0.05, 0) is 31.0 Å². The monoisotopic (exact) mass is 254 g/mol. The molecule has 4 heteroatoms. The fourth-order valence-electron chi connectivity index (χ4n) is 1.56. The lowest BCUT2D eigenvalue weighted by molar-refractivity contribution is 0.843. The lowest BCUT2D eigenvalue weighted by Crippen LogP contribution is -2.08. The molecule has 0 saturated carbocycles. The molecular formula is C12H15ClN2S. The summed E-state index contributed by atoms with van der Waals surface area (Å²) in [5.74, 6) is 0. The van der Waals surface area contributed by atoms with Gasteiger partial charge in [0, 0.05) is 16.0 Å². The van der Waals surface area contributed by atoms with Gasteiger partial charge in [0.1, 0.15) is 0 Å². The number of amidine groups is 1. The third-order valence-corrected chi connectivity index (χ3v) is 4.36. The van der Waals surface area contributed by atoms with Crippen molar-refractivity contribution in [2.75, 3.05) is 11.9 Å². The zero-order valence-electron chi connectivity index (χ0n) is 9.46. The van der Waals surface area contributed by atoms with Gasteiger partial charge in [-0.1, -0.05) is 36.4 Å². The maximum absolute atomic E-state index is 6.07. The van der Waals surface area contributed by atoms with Crippen molar-refractivity contribution in [3.63, 3.8) is 0 Å². The van der Waals surface area contributed by atoms with Gasteiger partial charge in [0.05, 0.1) is 6.54 Å². The van der Waals surface area contributed by atoms with Crippen LogP contribution in [0.25, 0.3) is 0 Å². The summed E-state index contributed by atoms with van der Waals surface area (Å²) in [5, 5.41) is 5.77. The molecular weight excluding hydrogens is 240 g/mol. The van der Waals surface area contributed by atoms with Crippen LogP contribution in [0, 0.1) is 6.92 Å². The molecule has 0 amide bonds. The number of nitrogens with one attached hydrogen (secondary N) is 1. The SMILES string of the molecule is CCC1CN=C(Nc2cccc(Cl)c2C)S1. The molecule has 0 aromatic heterocycles. The molecule has 86 valence electrons. The largest absolute Gasteiger partial charge is 0.335 e. The van der Waals surface area contributed by atoms with E-state index in [4.69, 9.17) is 11.6 Å². The lowest BCUT2D eigenvalue weighted by Gasteiger charge is -2.10. The van der Waals surface area contributed by atoms with Crippen LogP contribution >= 0.6 is 23.4 Å². The van der Waals surface area contributed by atoms with Crippen molar-refractivity contribution >= 4 is 34.2 Å². The van der Waals surface area contributed by atoms with Crippen molar-refractivity contribution in [1.29, 1.82) is 0 Å². The van der Waals surface area contributed by atoms with Gasteiger partial charge < -0.3 is 5.32 Å². The van der Waals surface area contributed by atoms with E-state index in [9.17, 15) is 0 Å². The Hall–Kier alpha value is -0.670. The molecule has 1 N–H and O–H groups in total. The number of nitrogens with zero attached hydrogens (tertiary/aromatic N) is 1. The summed E-state index contributed by atoms with van der Waals surface area (Å²) < 4.78 is 0.